The molecule has 25 heavy (non-hydrogen) atoms. The second kappa shape index (κ2) is 7.67. The second-order valence-corrected chi connectivity index (χ2v) is 6.86. The van der Waals surface area contributed by atoms with Crippen molar-refractivity contribution in [2.24, 2.45) is 0 Å². The minimum absolute atomic E-state index is 0.0801. The molecule has 136 valence electrons. The van der Waals surface area contributed by atoms with Crippen LogP contribution in [0.25, 0.3) is 0 Å². The molecule has 2 aliphatic heterocycles. The lowest BCUT2D eigenvalue weighted by Gasteiger charge is -2.29. The van der Waals surface area contributed by atoms with Crippen molar-refractivity contribution in [3.63, 3.8) is 0 Å². The summed E-state index contributed by atoms with van der Waals surface area (Å²) >= 11 is 0. The molecule has 3 atom stereocenters. The molecule has 0 bridgehead atoms. The summed E-state index contributed by atoms with van der Waals surface area (Å²) in [6.45, 7) is 2.74. The lowest BCUT2D eigenvalue weighted by molar-refractivity contribution is -0.138. The van der Waals surface area contributed by atoms with Crippen molar-refractivity contribution in [1.82, 2.24) is 25.5 Å². The van der Waals surface area contributed by atoms with Crippen LogP contribution in [-0.4, -0.2) is 57.3 Å². The van der Waals surface area contributed by atoms with Gasteiger partial charge in [-0.1, -0.05) is 0 Å². The monoisotopic (exact) mass is 347 g/mol. The van der Waals surface area contributed by atoms with Gasteiger partial charge in [-0.15, -0.1) is 0 Å². The van der Waals surface area contributed by atoms with E-state index < -0.39 is 12.1 Å². The molecule has 2 fully saturated rings. The van der Waals surface area contributed by atoms with E-state index in [1.54, 1.807) is 12.5 Å². The number of hydrogen-bond acceptors (Lipinski definition) is 4. The standard InChI is InChI=1S/C17H25N5O3/c1-11-4-3-7-22(11)17(25)14(8-12-9-18-10-19-12)21-16(24)13-5-2-6-15(23)20-13/h9-11,13-14H,2-8H2,1H3,(H,18,19)(H,20,23)(H,21,24). The first kappa shape index (κ1) is 17.4. The van der Waals surface area contributed by atoms with E-state index in [9.17, 15) is 14.4 Å². The Bertz CT molecular complexity index is 630. The first-order valence-corrected chi connectivity index (χ1v) is 8.92. The van der Waals surface area contributed by atoms with Crippen molar-refractivity contribution in [2.75, 3.05) is 6.54 Å². The number of rotatable bonds is 5. The molecule has 8 heteroatoms. The number of aromatic nitrogens is 2. The highest BCUT2D eigenvalue weighted by atomic mass is 16.2. The highest BCUT2D eigenvalue weighted by Crippen LogP contribution is 2.18. The Kier molecular flexibility index (Phi) is 5.35. The normalized spacial score (nSPS) is 24.7. The van der Waals surface area contributed by atoms with E-state index in [-0.39, 0.29) is 23.8 Å². The number of imidazole rings is 1. The molecule has 2 aliphatic rings. The highest BCUT2D eigenvalue weighted by Gasteiger charge is 2.34. The molecule has 0 saturated carbocycles. The minimum Gasteiger partial charge on any atom is -0.351 e. The van der Waals surface area contributed by atoms with Gasteiger partial charge >= 0.3 is 0 Å². The molecule has 3 N–H and O–H groups in total. The highest BCUT2D eigenvalue weighted by molar-refractivity contribution is 5.92. The number of hydrogen-bond donors (Lipinski definition) is 3. The maximum Gasteiger partial charge on any atom is 0.245 e. The van der Waals surface area contributed by atoms with E-state index in [2.05, 4.69) is 20.6 Å². The Morgan fingerprint density at radius 1 is 1.40 bits per heavy atom. The van der Waals surface area contributed by atoms with Crippen LogP contribution in [0.2, 0.25) is 0 Å². The molecule has 0 radical (unpaired) electrons. The zero-order valence-corrected chi connectivity index (χ0v) is 14.5. The van der Waals surface area contributed by atoms with Crippen LogP contribution < -0.4 is 10.6 Å². The molecule has 1 aromatic rings. The number of nitrogens with zero attached hydrogens (tertiary/aromatic N) is 2. The van der Waals surface area contributed by atoms with E-state index in [0.717, 1.165) is 18.5 Å². The quantitative estimate of drug-likeness (QED) is 0.703. The van der Waals surface area contributed by atoms with Crippen molar-refractivity contribution in [1.29, 1.82) is 0 Å². The summed E-state index contributed by atoms with van der Waals surface area (Å²) in [5, 5.41) is 5.54. The van der Waals surface area contributed by atoms with E-state index in [0.29, 0.717) is 32.2 Å². The third-order valence-corrected chi connectivity index (χ3v) is 4.97. The largest absolute Gasteiger partial charge is 0.351 e. The third kappa shape index (κ3) is 4.18. The Labute approximate surface area is 146 Å². The zero-order valence-electron chi connectivity index (χ0n) is 14.5. The fourth-order valence-corrected chi connectivity index (χ4v) is 3.55. The maximum atomic E-state index is 13.0. The molecule has 0 aromatic carbocycles. The van der Waals surface area contributed by atoms with E-state index in [1.807, 2.05) is 11.8 Å². The number of aromatic amines is 1. The van der Waals surface area contributed by atoms with Crippen LogP contribution in [-0.2, 0) is 20.8 Å². The lowest BCUT2D eigenvalue weighted by atomic mass is 10.0. The Hall–Kier alpha value is -2.38. The molecule has 8 nitrogen and oxygen atoms in total. The van der Waals surface area contributed by atoms with Crippen LogP contribution in [0.3, 0.4) is 0 Å². The molecular formula is C17H25N5O3. The summed E-state index contributed by atoms with van der Waals surface area (Å²) in [5.41, 5.74) is 0.721. The van der Waals surface area contributed by atoms with Crippen molar-refractivity contribution in [3.05, 3.63) is 18.2 Å². The number of piperidine rings is 1. The summed E-state index contributed by atoms with van der Waals surface area (Å²) in [6, 6.07) is -1.05. The number of carbonyl (C=O) groups excluding carboxylic acids is 3. The molecule has 3 unspecified atom stereocenters. The van der Waals surface area contributed by atoms with Crippen molar-refractivity contribution in [3.8, 4) is 0 Å². The van der Waals surface area contributed by atoms with Gasteiger partial charge in [0.15, 0.2) is 0 Å². The zero-order chi connectivity index (χ0) is 17.8. The number of nitrogens with one attached hydrogen (secondary N) is 3. The fourth-order valence-electron chi connectivity index (χ4n) is 3.55. The SMILES string of the molecule is CC1CCCN1C(=O)C(Cc1c[nH]cn1)NC(=O)C1CCCC(=O)N1. The van der Waals surface area contributed by atoms with Gasteiger partial charge in [0, 0.05) is 31.6 Å². The van der Waals surface area contributed by atoms with Crippen LogP contribution in [0.1, 0.15) is 44.7 Å². The van der Waals surface area contributed by atoms with E-state index in [1.165, 1.54) is 0 Å². The lowest BCUT2D eigenvalue weighted by Crippen LogP contribution is -2.56. The van der Waals surface area contributed by atoms with Crippen molar-refractivity contribution < 1.29 is 14.4 Å². The first-order valence-electron chi connectivity index (χ1n) is 8.92. The van der Waals surface area contributed by atoms with Gasteiger partial charge in [0.2, 0.25) is 17.7 Å². The van der Waals surface area contributed by atoms with Gasteiger partial charge in [0.1, 0.15) is 12.1 Å². The van der Waals surface area contributed by atoms with Crippen LogP contribution in [0, 0.1) is 0 Å². The summed E-state index contributed by atoms with van der Waals surface area (Å²) in [6.07, 6.45) is 7.30. The van der Waals surface area contributed by atoms with Crippen molar-refractivity contribution >= 4 is 17.7 Å². The summed E-state index contributed by atoms with van der Waals surface area (Å²) in [5.74, 6) is -0.494. The molecule has 3 heterocycles. The molecule has 1 aromatic heterocycles. The number of carbonyl (C=O) groups is 3. The Morgan fingerprint density at radius 3 is 2.88 bits per heavy atom. The smallest absolute Gasteiger partial charge is 0.245 e. The summed E-state index contributed by atoms with van der Waals surface area (Å²) in [7, 11) is 0. The molecule has 0 spiro atoms. The van der Waals surface area contributed by atoms with E-state index >= 15 is 0 Å². The third-order valence-electron chi connectivity index (χ3n) is 4.97. The molecule has 2 saturated heterocycles. The molecule has 0 aliphatic carbocycles. The van der Waals surface area contributed by atoms with E-state index in [4.69, 9.17) is 0 Å². The van der Waals surface area contributed by atoms with Gasteiger partial charge in [-0.2, -0.15) is 0 Å². The number of likely N-dealkylation sites (tertiary alicyclic amines) is 1. The Balaban J connectivity index is 1.70. The predicted molar refractivity (Wildman–Crippen MR) is 90.4 cm³/mol. The second-order valence-electron chi connectivity index (χ2n) is 6.86. The predicted octanol–water partition coefficient (Wildman–Crippen LogP) is 0.117. The molecular weight excluding hydrogens is 322 g/mol. The molecule has 3 amide bonds. The van der Waals surface area contributed by atoms with Gasteiger partial charge in [-0.25, -0.2) is 4.98 Å². The van der Waals surface area contributed by atoms with Gasteiger partial charge in [0.05, 0.1) is 12.0 Å². The number of H-pyrrole nitrogens is 1. The Morgan fingerprint density at radius 2 is 2.24 bits per heavy atom. The topological polar surface area (TPSA) is 107 Å². The summed E-state index contributed by atoms with van der Waals surface area (Å²) < 4.78 is 0. The average molecular weight is 347 g/mol. The van der Waals surface area contributed by atoms with Crippen LogP contribution in [0.5, 0.6) is 0 Å². The van der Waals surface area contributed by atoms with Crippen LogP contribution in [0.4, 0.5) is 0 Å². The average Bonchev–Trinajstić information content (AvgIpc) is 3.25. The van der Waals surface area contributed by atoms with Crippen LogP contribution in [0.15, 0.2) is 12.5 Å². The van der Waals surface area contributed by atoms with Gasteiger partial charge < -0.3 is 20.5 Å². The van der Waals surface area contributed by atoms with Gasteiger partial charge in [-0.05, 0) is 32.6 Å². The molecule has 3 rings (SSSR count). The van der Waals surface area contributed by atoms with Crippen LogP contribution >= 0.6 is 0 Å². The van der Waals surface area contributed by atoms with Gasteiger partial charge in [0.25, 0.3) is 0 Å². The fraction of sp³-hybridized carbons (Fsp3) is 0.647. The van der Waals surface area contributed by atoms with Gasteiger partial charge in [-0.3, -0.25) is 14.4 Å². The number of amides is 3. The minimum atomic E-state index is -0.671. The first-order chi connectivity index (χ1) is 12.0. The maximum absolute atomic E-state index is 13.0. The van der Waals surface area contributed by atoms with Crippen molar-refractivity contribution in [2.45, 2.75) is 63.6 Å². The summed E-state index contributed by atoms with van der Waals surface area (Å²) in [4.78, 5) is 45.9.